The Morgan fingerprint density at radius 3 is 2.48 bits per heavy atom. The Morgan fingerprint density at radius 2 is 1.87 bits per heavy atom. The van der Waals surface area contributed by atoms with Crippen LogP contribution in [0.5, 0.6) is 0 Å². The maximum absolute atomic E-state index is 12.4. The Bertz CT molecular complexity index is 642. The highest BCUT2D eigenvalue weighted by Gasteiger charge is 2.15. The first-order valence-electron chi connectivity index (χ1n) is 8.23. The average molecular weight is 325 g/mol. The van der Waals surface area contributed by atoms with Crippen molar-refractivity contribution < 1.29 is 4.79 Å². The molecule has 23 heavy (non-hydrogen) atoms. The third-order valence-electron chi connectivity index (χ3n) is 4.52. The lowest BCUT2D eigenvalue weighted by Gasteiger charge is -2.23. The van der Waals surface area contributed by atoms with E-state index >= 15 is 0 Å². The lowest BCUT2D eigenvalue weighted by molar-refractivity contribution is 0.0993. The SMILES string of the molecule is CSc1ccc(C(=O)Cc2ccc([C@@H]3CCCNC3)cc2)cc1. The predicted octanol–water partition coefficient (Wildman–Crippen LogP) is 4.30. The summed E-state index contributed by atoms with van der Waals surface area (Å²) < 4.78 is 0. The molecule has 2 aromatic rings. The molecular weight excluding hydrogens is 302 g/mol. The van der Waals surface area contributed by atoms with Crippen molar-refractivity contribution in [1.82, 2.24) is 5.32 Å². The van der Waals surface area contributed by atoms with Crippen LogP contribution in [0, 0.1) is 0 Å². The number of benzene rings is 2. The second-order valence-corrected chi connectivity index (χ2v) is 6.99. The fraction of sp³-hybridized carbons (Fsp3) is 0.350. The van der Waals surface area contributed by atoms with Crippen LogP contribution in [0.2, 0.25) is 0 Å². The smallest absolute Gasteiger partial charge is 0.167 e. The molecule has 1 aliphatic heterocycles. The van der Waals surface area contributed by atoms with Gasteiger partial charge >= 0.3 is 0 Å². The van der Waals surface area contributed by atoms with E-state index in [4.69, 9.17) is 0 Å². The number of thioether (sulfide) groups is 1. The maximum Gasteiger partial charge on any atom is 0.167 e. The third-order valence-corrected chi connectivity index (χ3v) is 5.27. The molecule has 1 aliphatic rings. The standard InChI is InChI=1S/C20H23NOS/c1-23-19-10-8-17(9-11-19)20(22)13-15-4-6-16(7-5-15)18-3-2-12-21-14-18/h4-11,18,21H,2-3,12-14H2,1H3/t18-/m1/s1. The van der Waals surface area contributed by atoms with Crippen molar-refractivity contribution in [3.8, 4) is 0 Å². The molecule has 0 radical (unpaired) electrons. The van der Waals surface area contributed by atoms with Crippen LogP contribution in [0.1, 0.15) is 40.2 Å². The van der Waals surface area contributed by atoms with Gasteiger partial charge in [-0.15, -0.1) is 11.8 Å². The van der Waals surface area contributed by atoms with E-state index in [0.29, 0.717) is 12.3 Å². The van der Waals surface area contributed by atoms with Crippen molar-refractivity contribution >= 4 is 17.5 Å². The van der Waals surface area contributed by atoms with Crippen LogP contribution < -0.4 is 5.32 Å². The number of hydrogen-bond acceptors (Lipinski definition) is 3. The first kappa shape index (κ1) is 16.3. The summed E-state index contributed by atoms with van der Waals surface area (Å²) in [4.78, 5) is 13.6. The first-order chi connectivity index (χ1) is 11.3. The molecule has 120 valence electrons. The van der Waals surface area contributed by atoms with Crippen molar-refractivity contribution in [2.45, 2.75) is 30.1 Å². The highest BCUT2D eigenvalue weighted by molar-refractivity contribution is 7.98. The zero-order chi connectivity index (χ0) is 16.1. The van der Waals surface area contributed by atoms with Gasteiger partial charge in [-0.2, -0.15) is 0 Å². The molecule has 0 amide bonds. The minimum absolute atomic E-state index is 0.185. The first-order valence-corrected chi connectivity index (χ1v) is 9.45. The fourth-order valence-corrected chi connectivity index (χ4v) is 3.52. The number of carbonyl (C=O) groups excluding carboxylic acids is 1. The zero-order valence-corrected chi connectivity index (χ0v) is 14.4. The Balaban J connectivity index is 1.63. The summed E-state index contributed by atoms with van der Waals surface area (Å²) in [7, 11) is 0. The largest absolute Gasteiger partial charge is 0.316 e. The Morgan fingerprint density at radius 1 is 1.13 bits per heavy atom. The third kappa shape index (κ3) is 4.24. The predicted molar refractivity (Wildman–Crippen MR) is 97.5 cm³/mol. The molecule has 2 nitrogen and oxygen atoms in total. The van der Waals surface area contributed by atoms with E-state index in [9.17, 15) is 4.79 Å². The van der Waals surface area contributed by atoms with Crippen LogP contribution in [0.3, 0.4) is 0 Å². The van der Waals surface area contributed by atoms with Crippen molar-refractivity contribution in [3.05, 3.63) is 65.2 Å². The van der Waals surface area contributed by atoms with E-state index in [-0.39, 0.29) is 5.78 Å². The molecule has 0 spiro atoms. The molecule has 2 aromatic carbocycles. The van der Waals surface area contributed by atoms with Crippen molar-refractivity contribution in [2.75, 3.05) is 19.3 Å². The molecule has 1 saturated heterocycles. The van der Waals surface area contributed by atoms with Crippen LogP contribution in [-0.4, -0.2) is 25.1 Å². The molecular formula is C20H23NOS. The molecule has 0 unspecified atom stereocenters. The summed E-state index contributed by atoms with van der Waals surface area (Å²) in [6.45, 7) is 2.21. The molecule has 0 aliphatic carbocycles. The van der Waals surface area contributed by atoms with Gasteiger partial charge in [0.25, 0.3) is 0 Å². The number of rotatable bonds is 5. The van der Waals surface area contributed by atoms with Crippen molar-refractivity contribution in [2.24, 2.45) is 0 Å². The fourth-order valence-electron chi connectivity index (χ4n) is 3.11. The van der Waals surface area contributed by atoms with E-state index in [0.717, 1.165) is 24.2 Å². The second-order valence-electron chi connectivity index (χ2n) is 6.11. The molecule has 0 bridgehead atoms. The second kappa shape index (κ2) is 7.80. The molecule has 3 rings (SSSR count). The number of ketones is 1. The molecule has 1 atom stereocenters. The number of hydrogen-bond donors (Lipinski definition) is 1. The molecule has 1 N–H and O–H groups in total. The van der Waals surface area contributed by atoms with Crippen LogP contribution in [0.4, 0.5) is 0 Å². The van der Waals surface area contributed by atoms with Crippen molar-refractivity contribution in [3.63, 3.8) is 0 Å². The van der Waals surface area contributed by atoms with E-state index in [1.807, 2.05) is 30.5 Å². The lowest BCUT2D eigenvalue weighted by Crippen LogP contribution is -2.28. The molecule has 1 heterocycles. The van der Waals surface area contributed by atoms with Gasteiger partial charge in [0.1, 0.15) is 0 Å². The monoisotopic (exact) mass is 325 g/mol. The minimum Gasteiger partial charge on any atom is -0.316 e. The van der Waals surface area contributed by atoms with Crippen LogP contribution >= 0.6 is 11.8 Å². The summed E-state index contributed by atoms with van der Waals surface area (Å²) in [5.74, 6) is 0.803. The van der Waals surface area contributed by atoms with Gasteiger partial charge < -0.3 is 5.32 Å². The Hall–Kier alpha value is -1.58. The summed E-state index contributed by atoms with van der Waals surface area (Å²) in [5, 5.41) is 3.46. The summed E-state index contributed by atoms with van der Waals surface area (Å²) in [6.07, 6.45) is 5.02. The summed E-state index contributed by atoms with van der Waals surface area (Å²) >= 11 is 1.69. The summed E-state index contributed by atoms with van der Waals surface area (Å²) in [5.41, 5.74) is 3.28. The molecule has 3 heteroatoms. The van der Waals surface area contributed by atoms with Gasteiger partial charge in [0.2, 0.25) is 0 Å². The zero-order valence-electron chi connectivity index (χ0n) is 13.5. The van der Waals surface area contributed by atoms with E-state index in [1.54, 1.807) is 11.8 Å². The highest BCUT2D eigenvalue weighted by atomic mass is 32.2. The van der Waals surface area contributed by atoms with Gasteiger partial charge in [-0.1, -0.05) is 36.4 Å². The number of piperidine rings is 1. The minimum atomic E-state index is 0.185. The van der Waals surface area contributed by atoms with Gasteiger partial charge in [0, 0.05) is 23.4 Å². The molecule has 1 fully saturated rings. The van der Waals surface area contributed by atoms with Crippen LogP contribution in [0.15, 0.2) is 53.4 Å². The lowest BCUT2D eigenvalue weighted by atomic mass is 9.90. The van der Waals surface area contributed by atoms with Gasteiger partial charge in [0.05, 0.1) is 0 Å². The molecule has 0 saturated carbocycles. The topological polar surface area (TPSA) is 29.1 Å². The van der Waals surface area contributed by atoms with E-state index in [2.05, 4.69) is 29.6 Å². The van der Waals surface area contributed by atoms with Crippen LogP contribution in [0.25, 0.3) is 0 Å². The summed E-state index contributed by atoms with van der Waals surface area (Å²) in [6, 6.07) is 16.5. The van der Waals surface area contributed by atoms with Gasteiger partial charge in [-0.3, -0.25) is 4.79 Å². The Labute approximate surface area is 142 Å². The van der Waals surface area contributed by atoms with Gasteiger partial charge in [0.15, 0.2) is 5.78 Å². The normalized spacial score (nSPS) is 17.9. The number of nitrogens with one attached hydrogen (secondary N) is 1. The average Bonchev–Trinajstić information content (AvgIpc) is 2.63. The Kier molecular flexibility index (Phi) is 5.52. The highest BCUT2D eigenvalue weighted by Crippen LogP contribution is 2.23. The number of carbonyl (C=O) groups is 1. The van der Waals surface area contributed by atoms with Crippen molar-refractivity contribution in [1.29, 1.82) is 0 Å². The van der Waals surface area contributed by atoms with Crippen LogP contribution in [-0.2, 0) is 6.42 Å². The van der Waals surface area contributed by atoms with E-state index in [1.165, 1.54) is 23.3 Å². The van der Waals surface area contributed by atoms with E-state index < -0.39 is 0 Å². The number of Topliss-reactive ketones (excluding diaryl/α,β-unsaturated/α-hetero) is 1. The quantitative estimate of drug-likeness (QED) is 0.656. The maximum atomic E-state index is 12.4. The molecule has 0 aromatic heterocycles. The van der Waals surface area contributed by atoms with Gasteiger partial charge in [-0.05, 0) is 54.8 Å². The van der Waals surface area contributed by atoms with Gasteiger partial charge in [-0.25, -0.2) is 0 Å².